The van der Waals surface area contributed by atoms with Crippen molar-refractivity contribution >= 4 is 11.4 Å². The fourth-order valence-electron chi connectivity index (χ4n) is 1.55. The zero-order valence-electron chi connectivity index (χ0n) is 8.67. The molecule has 0 aromatic heterocycles. The maximum Gasteiger partial charge on any atom is 0.0416 e. The van der Waals surface area contributed by atoms with E-state index >= 15 is 0 Å². The molecule has 0 fully saturated rings. The maximum atomic E-state index is 5.84. The first kappa shape index (κ1) is 9.90. The first-order chi connectivity index (χ1) is 6.20. The molecule has 0 amide bonds. The van der Waals surface area contributed by atoms with Crippen molar-refractivity contribution in [3.8, 4) is 0 Å². The highest BCUT2D eigenvalue weighted by molar-refractivity contribution is 5.64. The summed E-state index contributed by atoms with van der Waals surface area (Å²) < 4.78 is 0. The fraction of sp³-hybridized carbons (Fsp3) is 0.455. The Labute approximate surface area is 80.4 Å². The molecular weight excluding hydrogens is 160 g/mol. The maximum absolute atomic E-state index is 5.84. The van der Waals surface area contributed by atoms with E-state index in [2.05, 4.69) is 31.7 Å². The third-order valence-corrected chi connectivity index (χ3v) is 2.45. The fourth-order valence-corrected chi connectivity index (χ4v) is 1.55. The molecular formula is C11H18N2. The van der Waals surface area contributed by atoms with E-state index in [9.17, 15) is 0 Å². The Morgan fingerprint density at radius 1 is 1.23 bits per heavy atom. The molecule has 0 spiro atoms. The molecule has 0 aliphatic heterocycles. The van der Waals surface area contributed by atoms with Crippen LogP contribution in [-0.4, -0.2) is 13.1 Å². The number of nitrogens with two attached hydrogens (primary N) is 1. The summed E-state index contributed by atoms with van der Waals surface area (Å²) in [4.78, 5) is 2.31. The zero-order valence-corrected chi connectivity index (χ0v) is 8.67. The molecule has 2 heteroatoms. The second kappa shape index (κ2) is 4.17. The standard InChI is InChI=1S/C11H18N2/c1-4-13(5-2)11-8-6-7-10(12)9(11)3/h6-8H,4-5,12H2,1-3H3. The molecule has 0 saturated heterocycles. The second-order valence-corrected chi connectivity index (χ2v) is 3.16. The predicted octanol–water partition coefficient (Wildman–Crippen LogP) is 2.42. The highest BCUT2D eigenvalue weighted by Gasteiger charge is 2.05. The molecule has 2 N–H and O–H groups in total. The van der Waals surface area contributed by atoms with Gasteiger partial charge in [0.05, 0.1) is 0 Å². The van der Waals surface area contributed by atoms with Gasteiger partial charge in [-0.25, -0.2) is 0 Å². The number of anilines is 2. The van der Waals surface area contributed by atoms with Crippen LogP contribution in [0.2, 0.25) is 0 Å². The van der Waals surface area contributed by atoms with Gasteiger partial charge in [0, 0.05) is 24.5 Å². The molecule has 1 aromatic rings. The summed E-state index contributed by atoms with van der Waals surface area (Å²) in [5.41, 5.74) is 9.16. The van der Waals surface area contributed by atoms with Gasteiger partial charge >= 0.3 is 0 Å². The number of nitrogen functional groups attached to an aromatic ring is 1. The summed E-state index contributed by atoms with van der Waals surface area (Å²) in [6.45, 7) is 8.45. The van der Waals surface area contributed by atoms with Gasteiger partial charge in [0.1, 0.15) is 0 Å². The largest absolute Gasteiger partial charge is 0.398 e. The predicted molar refractivity (Wildman–Crippen MR) is 59.2 cm³/mol. The minimum absolute atomic E-state index is 0.879. The van der Waals surface area contributed by atoms with Crippen LogP contribution in [0.4, 0.5) is 11.4 Å². The van der Waals surface area contributed by atoms with E-state index in [0.29, 0.717) is 0 Å². The van der Waals surface area contributed by atoms with Crippen molar-refractivity contribution in [2.45, 2.75) is 20.8 Å². The lowest BCUT2D eigenvalue weighted by molar-refractivity contribution is 0.862. The van der Waals surface area contributed by atoms with Crippen LogP contribution >= 0.6 is 0 Å². The van der Waals surface area contributed by atoms with Gasteiger partial charge in [-0.15, -0.1) is 0 Å². The van der Waals surface area contributed by atoms with Gasteiger partial charge in [-0.3, -0.25) is 0 Å². The quantitative estimate of drug-likeness (QED) is 0.720. The molecule has 0 atom stereocenters. The molecule has 0 radical (unpaired) electrons. The minimum Gasteiger partial charge on any atom is -0.398 e. The molecule has 2 nitrogen and oxygen atoms in total. The van der Waals surface area contributed by atoms with E-state index in [1.54, 1.807) is 0 Å². The van der Waals surface area contributed by atoms with E-state index in [0.717, 1.165) is 18.8 Å². The highest BCUT2D eigenvalue weighted by atomic mass is 15.1. The summed E-state index contributed by atoms with van der Waals surface area (Å²) >= 11 is 0. The molecule has 0 saturated carbocycles. The Balaban J connectivity index is 3.05. The Kier molecular flexibility index (Phi) is 3.18. The lowest BCUT2D eigenvalue weighted by Gasteiger charge is -2.23. The molecule has 1 aromatic carbocycles. The molecule has 0 aliphatic carbocycles. The second-order valence-electron chi connectivity index (χ2n) is 3.16. The molecule has 72 valence electrons. The van der Waals surface area contributed by atoms with Crippen molar-refractivity contribution in [3.05, 3.63) is 23.8 Å². The first-order valence-corrected chi connectivity index (χ1v) is 4.80. The van der Waals surface area contributed by atoms with Crippen molar-refractivity contribution < 1.29 is 0 Å². The van der Waals surface area contributed by atoms with Gasteiger partial charge in [0.25, 0.3) is 0 Å². The SMILES string of the molecule is CCN(CC)c1cccc(N)c1C. The smallest absolute Gasteiger partial charge is 0.0416 e. The Bertz CT molecular complexity index is 277. The molecule has 0 bridgehead atoms. The van der Waals surface area contributed by atoms with Crippen LogP contribution in [0, 0.1) is 6.92 Å². The Hall–Kier alpha value is -1.18. The third-order valence-electron chi connectivity index (χ3n) is 2.45. The number of benzene rings is 1. The number of hydrogen-bond donors (Lipinski definition) is 1. The summed E-state index contributed by atoms with van der Waals surface area (Å²) in [6.07, 6.45) is 0. The molecule has 0 heterocycles. The normalized spacial score (nSPS) is 10.1. The van der Waals surface area contributed by atoms with Gasteiger partial charge in [-0.2, -0.15) is 0 Å². The van der Waals surface area contributed by atoms with Gasteiger partial charge in [-0.05, 0) is 38.5 Å². The van der Waals surface area contributed by atoms with Crippen LogP contribution in [0.15, 0.2) is 18.2 Å². The van der Waals surface area contributed by atoms with E-state index in [1.807, 2.05) is 12.1 Å². The van der Waals surface area contributed by atoms with Crippen molar-refractivity contribution in [2.24, 2.45) is 0 Å². The monoisotopic (exact) mass is 178 g/mol. The molecule has 0 unspecified atom stereocenters. The minimum atomic E-state index is 0.879. The summed E-state index contributed by atoms with van der Waals surface area (Å²) in [6, 6.07) is 6.08. The lowest BCUT2D eigenvalue weighted by atomic mass is 10.1. The zero-order chi connectivity index (χ0) is 9.84. The number of rotatable bonds is 3. The van der Waals surface area contributed by atoms with Crippen LogP contribution in [0.1, 0.15) is 19.4 Å². The average molecular weight is 178 g/mol. The van der Waals surface area contributed by atoms with Crippen LogP contribution in [0.3, 0.4) is 0 Å². The van der Waals surface area contributed by atoms with E-state index in [1.165, 1.54) is 11.3 Å². The molecule has 13 heavy (non-hydrogen) atoms. The average Bonchev–Trinajstić information content (AvgIpc) is 2.14. The van der Waals surface area contributed by atoms with E-state index < -0.39 is 0 Å². The van der Waals surface area contributed by atoms with Gasteiger partial charge in [-0.1, -0.05) is 6.07 Å². The van der Waals surface area contributed by atoms with Crippen LogP contribution < -0.4 is 10.6 Å². The van der Waals surface area contributed by atoms with E-state index in [-0.39, 0.29) is 0 Å². The third kappa shape index (κ3) is 1.94. The Morgan fingerprint density at radius 2 is 1.85 bits per heavy atom. The molecule has 0 aliphatic rings. The number of nitrogens with zero attached hydrogens (tertiary/aromatic N) is 1. The van der Waals surface area contributed by atoms with Gasteiger partial charge in [0.2, 0.25) is 0 Å². The molecule has 1 rings (SSSR count). The summed E-state index contributed by atoms with van der Waals surface area (Å²) in [5.74, 6) is 0. The van der Waals surface area contributed by atoms with Gasteiger partial charge in [0.15, 0.2) is 0 Å². The van der Waals surface area contributed by atoms with Crippen molar-refractivity contribution in [1.29, 1.82) is 0 Å². The van der Waals surface area contributed by atoms with Crippen molar-refractivity contribution in [3.63, 3.8) is 0 Å². The van der Waals surface area contributed by atoms with Crippen LogP contribution in [0.25, 0.3) is 0 Å². The topological polar surface area (TPSA) is 29.3 Å². The summed E-state index contributed by atoms with van der Waals surface area (Å²) in [5, 5.41) is 0. The van der Waals surface area contributed by atoms with Crippen molar-refractivity contribution in [2.75, 3.05) is 23.7 Å². The number of hydrogen-bond acceptors (Lipinski definition) is 2. The van der Waals surface area contributed by atoms with Crippen LogP contribution in [0.5, 0.6) is 0 Å². The van der Waals surface area contributed by atoms with Crippen molar-refractivity contribution in [1.82, 2.24) is 0 Å². The lowest BCUT2D eigenvalue weighted by Crippen LogP contribution is -2.22. The van der Waals surface area contributed by atoms with E-state index in [4.69, 9.17) is 5.73 Å². The Morgan fingerprint density at radius 3 is 2.38 bits per heavy atom. The first-order valence-electron chi connectivity index (χ1n) is 4.80. The highest BCUT2D eigenvalue weighted by Crippen LogP contribution is 2.24. The van der Waals surface area contributed by atoms with Gasteiger partial charge < -0.3 is 10.6 Å². The van der Waals surface area contributed by atoms with Crippen LogP contribution in [-0.2, 0) is 0 Å². The summed E-state index contributed by atoms with van der Waals surface area (Å²) in [7, 11) is 0.